The van der Waals surface area contributed by atoms with Crippen LogP contribution in [-0.2, 0) is 9.59 Å². The van der Waals surface area contributed by atoms with Gasteiger partial charge < -0.3 is 4.74 Å². The van der Waals surface area contributed by atoms with Crippen molar-refractivity contribution >= 4 is 11.8 Å². The molecule has 0 aromatic heterocycles. The van der Waals surface area contributed by atoms with Gasteiger partial charge in [-0.25, -0.2) is 4.79 Å². The monoisotopic (exact) mass is 206 g/mol. The number of ether oxygens (including phenoxy) is 1. The van der Waals surface area contributed by atoms with Gasteiger partial charge in [0.05, 0.1) is 0 Å². The van der Waals surface area contributed by atoms with Crippen molar-refractivity contribution in [2.75, 3.05) is 0 Å². The Bertz CT molecular complexity index is 394. The third-order valence-electron chi connectivity index (χ3n) is 2.31. The number of carbonyl (C=O) groups is 2. The van der Waals surface area contributed by atoms with E-state index in [9.17, 15) is 9.59 Å². The summed E-state index contributed by atoms with van der Waals surface area (Å²) in [5.41, 5.74) is 1.92. The van der Waals surface area contributed by atoms with Gasteiger partial charge in [-0.3, -0.25) is 4.79 Å². The van der Waals surface area contributed by atoms with Crippen LogP contribution in [0.5, 0.6) is 5.75 Å². The molecule has 0 unspecified atom stereocenters. The van der Waals surface area contributed by atoms with E-state index >= 15 is 0 Å². The molecule has 0 fully saturated rings. The first-order valence-corrected chi connectivity index (χ1v) is 4.87. The largest absolute Gasteiger partial charge is 0.421 e. The predicted octanol–water partition coefficient (Wildman–Crippen LogP) is 2.19. The molecule has 0 N–H and O–H groups in total. The van der Waals surface area contributed by atoms with E-state index in [1.807, 2.05) is 19.9 Å². The lowest BCUT2D eigenvalue weighted by Gasteiger charge is -2.07. The van der Waals surface area contributed by atoms with Crippen LogP contribution in [0.2, 0.25) is 0 Å². The summed E-state index contributed by atoms with van der Waals surface area (Å²) >= 11 is 0. The maximum atomic E-state index is 11.2. The number of ketones is 1. The SMILES string of the molecule is CCC(=O)C(=O)Oc1cccc(C)c1C. The summed E-state index contributed by atoms with van der Waals surface area (Å²) in [7, 11) is 0. The van der Waals surface area contributed by atoms with E-state index in [0.717, 1.165) is 11.1 Å². The zero-order chi connectivity index (χ0) is 11.4. The van der Waals surface area contributed by atoms with Crippen LogP contribution in [0.3, 0.4) is 0 Å². The fourth-order valence-electron chi connectivity index (χ4n) is 1.14. The van der Waals surface area contributed by atoms with Gasteiger partial charge in [0, 0.05) is 6.42 Å². The lowest BCUT2D eigenvalue weighted by molar-refractivity contribution is -0.146. The van der Waals surface area contributed by atoms with Gasteiger partial charge >= 0.3 is 5.97 Å². The average Bonchev–Trinajstić information content (AvgIpc) is 2.23. The Hall–Kier alpha value is -1.64. The van der Waals surface area contributed by atoms with Crippen molar-refractivity contribution < 1.29 is 14.3 Å². The van der Waals surface area contributed by atoms with Gasteiger partial charge in [0.15, 0.2) is 0 Å². The Labute approximate surface area is 89.1 Å². The number of benzene rings is 1. The number of Topliss-reactive ketones (excluding diaryl/α,β-unsaturated/α-hetero) is 1. The molecule has 0 bridgehead atoms. The van der Waals surface area contributed by atoms with Crippen LogP contribution in [0.4, 0.5) is 0 Å². The van der Waals surface area contributed by atoms with Crippen LogP contribution in [0.1, 0.15) is 24.5 Å². The Morgan fingerprint density at radius 3 is 2.53 bits per heavy atom. The van der Waals surface area contributed by atoms with Gasteiger partial charge in [0.2, 0.25) is 5.78 Å². The zero-order valence-electron chi connectivity index (χ0n) is 9.16. The quantitative estimate of drug-likeness (QED) is 0.432. The maximum Gasteiger partial charge on any atom is 0.379 e. The number of esters is 1. The number of aryl methyl sites for hydroxylation is 1. The van der Waals surface area contributed by atoms with Crippen molar-refractivity contribution in [3.8, 4) is 5.75 Å². The van der Waals surface area contributed by atoms with E-state index in [1.165, 1.54) is 0 Å². The first kappa shape index (κ1) is 11.4. The third-order valence-corrected chi connectivity index (χ3v) is 2.31. The molecule has 0 saturated carbocycles. The van der Waals surface area contributed by atoms with Gasteiger partial charge in [-0.2, -0.15) is 0 Å². The van der Waals surface area contributed by atoms with E-state index in [2.05, 4.69) is 0 Å². The van der Waals surface area contributed by atoms with Gasteiger partial charge in [0.25, 0.3) is 0 Å². The minimum Gasteiger partial charge on any atom is -0.421 e. The summed E-state index contributed by atoms with van der Waals surface area (Å²) in [6.45, 7) is 5.41. The highest BCUT2D eigenvalue weighted by Gasteiger charge is 2.15. The average molecular weight is 206 g/mol. The molecule has 3 nitrogen and oxygen atoms in total. The summed E-state index contributed by atoms with van der Waals surface area (Å²) in [5.74, 6) is -0.830. The van der Waals surface area contributed by atoms with Crippen molar-refractivity contribution in [3.05, 3.63) is 29.3 Å². The highest BCUT2D eigenvalue weighted by Crippen LogP contribution is 2.20. The Morgan fingerprint density at radius 2 is 1.93 bits per heavy atom. The van der Waals surface area contributed by atoms with Crippen LogP contribution in [0.15, 0.2) is 18.2 Å². The zero-order valence-corrected chi connectivity index (χ0v) is 9.16. The van der Waals surface area contributed by atoms with Crippen LogP contribution < -0.4 is 4.74 Å². The minimum absolute atomic E-state index is 0.170. The number of hydrogen-bond donors (Lipinski definition) is 0. The summed E-state index contributed by atoms with van der Waals surface area (Å²) in [4.78, 5) is 22.3. The second kappa shape index (κ2) is 4.73. The van der Waals surface area contributed by atoms with E-state index < -0.39 is 11.8 Å². The molecule has 0 aliphatic heterocycles. The van der Waals surface area contributed by atoms with Gasteiger partial charge in [0.1, 0.15) is 5.75 Å². The predicted molar refractivity (Wildman–Crippen MR) is 56.8 cm³/mol. The molecular formula is C12H14O3. The normalized spacial score (nSPS) is 9.80. The molecule has 80 valence electrons. The maximum absolute atomic E-state index is 11.2. The lowest BCUT2D eigenvalue weighted by atomic mass is 10.1. The topological polar surface area (TPSA) is 43.4 Å². The molecule has 1 aromatic carbocycles. The Kier molecular flexibility index (Phi) is 3.61. The van der Waals surface area contributed by atoms with Gasteiger partial charge in [-0.15, -0.1) is 0 Å². The molecule has 0 heterocycles. The third kappa shape index (κ3) is 2.65. The van der Waals surface area contributed by atoms with Crippen LogP contribution in [0.25, 0.3) is 0 Å². The molecule has 0 radical (unpaired) electrons. The van der Waals surface area contributed by atoms with Crippen molar-refractivity contribution in [1.82, 2.24) is 0 Å². The van der Waals surface area contributed by atoms with Crippen LogP contribution >= 0.6 is 0 Å². The molecule has 0 amide bonds. The van der Waals surface area contributed by atoms with Crippen LogP contribution in [-0.4, -0.2) is 11.8 Å². The van der Waals surface area contributed by atoms with E-state index in [4.69, 9.17) is 4.74 Å². The minimum atomic E-state index is -0.786. The molecule has 1 rings (SSSR count). The first-order valence-electron chi connectivity index (χ1n) is 4.87. The van der Waals surface area contributed by atoms with Gasteiger partial charge in [-0.05, 0) is 31.0 Å². The van der Waals surface area contributed by atoms with E-state index in [0.29, 0.717) is 5.75 Å². The molecule has 0 aliphatic carbocycles. The molecule has 0 atom stereocenters. The summed E-state index contributed by atoms with van der Waals surface area (Å²) in [6.07, 6.45) is 0.170. The van der Waals surface area contributed by atoms with E-state index in [-0.39, 0.29) is 6.42 Å². The van der Waals surface area contributed by atoms with Crippen molar-refractivity contribution in [1.29, 1.82) is 0 Å². The summed E-state index contributed by atoms with van der Waals surface area (Å²) < 4.78 is 4.99. The Balaban J connectivity index is 2.86. The number of rotatable bonds is 3. The van der Waals surface area contributed by atoms with Crippen molar-refractivity contribution in [2.24, 2.45) is 0 Å². The first-order chi connectivity index (χ1) is 7.06. The second-order valence-corrected chi connectivity index (χ2v) is 3.36. The standard InChI is InChI=1S/C12H14O3/c1-4-10(13)12(14)15-11-7-5-6-8(2)9(11)3/h5-7H,4H2,1-3H3. The molecule has 0 saturated heterocycles. The van der Waals surface area contributed by atoms with Crippen molar-refractivity contribution in [3.63, 3.8) is 0 Å². The molecule has 3 heteroatoms. The Morgan fingerprint density at radius 1 is 1.27 bits per heavy atom. The fourth-order valence-corrected chi connectivity index (χ4v) is 1.14. The molecule has 0 spiro atoms. The number of carbonyl (C=O) groups excluding carboxylic acids is 2. The summed E-state index contributed by atoms with van der Waals surface area (Å²) in [6, 6.07) is 5.40. The second-order valence-electron chi connectivity index (χ2n) is 3.36. The molecular weight excluding hydrogens is 192 g/mol. The molecule has 0 aliphatic rings. The molecule has 15 heavy (non-hydrogen) atoms. The smallest absolute Gasteiger partial charge is 0.379 e. The fraction of sp³-hybridized carbons (Fsp3) is 0.333. The van der Waals surface area contributed by atoms with Gasteiger partial charge in [-0.1, -0.05) is 19.1 Å². The lowest BCUT2D eigenvalue weighted by Crippen LogP contribution is -2.19. The molecule has 1 aromatic rings. The van der Waals surface area contributed by atoms with Crippen LogP contribution in [0, 0.1) is 13.8 Å². The van der Waals surface area contributed by atoms with Crippen molar-refractivity contribution in [2.45, 2.75) is 27.2 Å². The highest BCUT2D eigenvalue weighted by atomic mass is 16.5. The number of hydrogen-bond acceptors (Lipinski definition) is 3. The highest BCUT2D eigenvalue weighted by molar-refractivity contribution is 6.34. The van der Waals surface area contributed by atoms with E-state index in [1.54, 1.807) is 19.1 Å². The summed E-state index contributed by atoms with van der Waals surface area (Å²) in [5, 5.41) is 0.